The van der Waals surface area contributed by atoms with E-state index in [1.807, 2.05) is 43.1 Å². The maximum atomic E-state index is 11.5. The zero-order valence-electron chi connectivity index (χ0n) is 23.3. The molecule has 4 aromatic rings. The molecule has 0 bridgehead atoms. The molecule has 0 aliphatic heterocycles. The van der Waals surface area contributed by atoms with Gasteiger partial charge < -0.3 is 23.4 Å². The number of hydrogen-bond donors (Lipinski definition) is 1. The van der Waals surface area contributed by atoms with Crippen molar-refractivity contribution in [1.29, 1.82) is 0 Å². The molecule has 0 saturated heterocycles. The number of carboxylic acid groups (broad SMARTS) is 1. The summed E-state index contributed by atoms with van der Waals surface area (Å²) < 4.78 is 2.45. The monoisotopic (exact) mass is 715 g/mol. The van der Waals surface area contributed by atoms with Crippen molar-refractivity contribution in [3.63, 3.8) is 0 Å². The number of aromatic carboxylic acids is 1. The fraction of sp³-hybridized carbons (Fsp3) is 0.269. The lowest BCUT2D eigenvalue weighted by atomic mass is 10.3. The average molecular weight is 718 g/mol. The number of halogens is 6. The van der Waals surface area contributed by atoms with Crippen LogP contribution in [0, 0.1) is 17.0 Å². The van der Waals surface area contributed by atoms with Gasteiger partial charge in [-0.2, -0.15) is 0 Å². The minimum atomic E-state index is -2.11. The molecule has 0 spiro atoms. The quantitative estimate of drug-likeness (QED) is 0.103. The molecule has 0 aliphatic carbocycles. The molecule has 0 unspecified atom stereocenters. The number of carbonyl (C=O) groups is 3. The van der Waals surface area contributed by atoms with Gasteiger partial charge in [-0.25, -0.2) is 4.79 Å². The van der Waals surface area contributed by atoms with Gasteiger partial charge in [-0.3, -0.25) is 19.7 Å². The molecule has 234 valence electrons. The molecule has 0 radical (unpaired) electrons. The Kier molecular flexibility index (Phi) is 14.4. The maximum Gasteiger partial charge on any atom is 0.352 e. The first-order valence-electron chi connectivity index (χ1n) is 11.7. The molecule has 4 heterocycles. The van der Waals surface area contributed by atoms with Crippen LogP contribution in [0.25, 0.3) is 0 Å². The minimum absolute atomic E-state index is 0.0262. The number of nitrogens with zero attached hydrogens (tertiary/aromatic N) is 5. The van der Waals surface area contributed by atoms with Crippen molar-refractivity contribution in [1.82, 2.24) is 18.3 Å². The van der Waals surface area contributed by atoms with Gasteiger partial charge in [0.05, 0.1) is 22.5 Å². The number of hydrogen-bond acceptors (Lipinski definition) is 5. The topological polar surface area (TPSA) is 134 Å². The predicted octanol–water partition coefficient (Wildman–Crippen LogP) is 7.12. The van der Waals surface area contributed by atoms with E-state index in [1.54, 1.807) is 53.8 Å². The first-order valence-corrected chi connectivity index (χ1v) is 14.0. The van der Waals surface area contributed by atoms with Gasteiger partial charge in [0.15, 0.2) is 0 Å². The molecule has 1 N–H and O–H groups in total. The third-order valence-corrected chi connectivity index (χ3v) is 6.27. The van der Waals surface area contributed by atoms with Gasteiger partial charge in [0.2, 0.25) is 11.6 Å². The van der Waals surface area contributed by atoms with Crippen LogP contribution in [0.3, 0.4) is 0 Å². The largest absolute Gasteiger partial charge is 0.477 e. The van der Waals surface area contributed by atoms with Crippen molar-refractivity contribution >= 4 is 92.8 Å². The van der Waals surface area contributed by atoms with Crippen molar-refractivity contribution in [2.75, 3.05) is 0 Å². The Labute approximate surface area is 277 Å². The van der Waals surface area contributed by atoms with E-state index in [2.05, 4.69) is 0 Å². The Hall–Kier alpha value is -2.93. The first-order chi connectivity index (χ1) is 19.7. The lowest BCUT2D eigenvalue weighted by Crippen LogP contribution is -2.21. The van der Waals surface area contributed by atoms with E-state index < -0.39 is 30.0 Å². The van der Waals surface area contributed by atoms with Gasteiger partial charge in [0, 0.05) is 59.0 Å². The Bertz CT molecular complexity index is 1540. The molecular weight excluding hydrogens is 691 g/mol. The van der Waals surface area contributed by atoms with Crippen LogP contribution in [0.5, 0.6) is 0 Å². The molecule has 0 aliphatic rings. The number of carboxylic acids is 1. The standard InChI is InChI=1S/C7H5Cl3N2O3.C7H6Cl3NO.C7H9NO2.C5H7N/c1-11-3-4(12(14)15)2-5(11)6(13)7(8,9)10;1-11-4-2-3-5(11)6(12)7(8,9)10;1-5-3-6(7(9)10)8(2)4-5;1-6-4-2-3-5-6/h2-3H,1H3;2-4H,1H3;3-4H,1-2H3,(H,9,10);2-5H,1H3. The van der Waals surface area contributed by atoms with E-state index in [4.69, 9.17) is 74.7 Å². The SMILES string of the molecule is Cc1cc(C(=O)O)n(C)c1.Cn1cc([N+](=O)[O-])cc1C(=O)C(Cl)(Cl)Cl.Cn1cccc1.Cn1cccc1C(=O)C(Cl)(Cl)Cl. The number of aryl methyl sites for hydroxylation is 5. The zero-order chi connectivity index (χ0) is 33.3. The lowest BCUT2D eigenvalue weighted by Gasteiger charge is -2.09. The summed E-state index contributed by atoms with van der Waals surface area (Å²) in [6.07, 6.45) is 8.66. The number of carbonyl (C=O) groups excluding carboxylic acids is 2. The second-order valence-corrected chi connectivity index (χ2v) is 13.3. The van der Waals surface area contributed by atoms with Gasteiger partial charge in [-0.15, -0.1) is 0 Å². The summed E-state index contributed by atoms with van der Waals surface area (Å²) in [5, 5.41) is 19.0. The maximum absolute atomic E-state index is 11.5. The summed E-state index contributed by atoms with van der Waals surface area (Å²) in [7, 11) is 6.89. The number of alkyl halides is 6. The van der Waals surface area contributed by atoms with E-state index in [1.165, 1.54) is 17.8 Å². The molecule has 17 heteroatoms. The number of Topliss-reactive ketones (excluding diaryl/α,β-unsaturated/α-hetero) is 2. The molecule has 0 aromatic carbocycles. The van der Waals surface area contributed by atoms with E-state index >= 15 is 0 Å². The average Bonchev–Trinajstić information content (AvgIpc) is 3.67. The van der Waals surface area contributed by atoms with Crippen LogP contribution in [0.4, 0.5) is 5.69 Å². The van der Waals surface area contributed by atoms with Gasteiger partial charge >= 0.3 is 5.97 Å². The highest BCUT2D eigenvalue weighted by atomic mass is 35.6. The Balaban J connectivity index is 0.000000298. The molecule has 0 amide bonds. The summed E-state index contributed by atoms with van der Waals surface area (Å²) >= 11 is 32.4. The number of ketones is 2. The molecule has 0 atom stereocenters. The molecule has 4 aromatic heterocycles. The highest BCUT2D eigenvalue weighted by molar-refractivity contribution is 6.78. The van der Waals surface area contributed by atoms with Crippen molar-refractivity contribution in [2.45, 2.75) is 14.5 Å². The predicted molar refractivity (Wildman–Crippen MR) is 169 cm³/mol. The fourth-order valence-corrected chi connectivity index (χ4v) is 3.80. The van der Waals surface area contributed by atoms with Crippen LogP contribution < -0.4 is 0 Å². The van der Waals surface area contributed by atoms with Crippen LogP contribution in [0.2, 0.25) is 0 Å². The number of rotatable bonds is 4. The summed E-state index contributed by atoms with van der Waals surface area (Å²) in [6, 6.07) is 10.0. The molecule has 0 fully saturated rings. The molecule has 43 heavy (non-hydrogen) atoms. The summed E-state index contributed by atoms with van der Waals surface area (Å²) in [4.78, 5) is 43.0. The smallest absolute Gasteiger partial charge is 0.352 e. The molecule has 11 nitrogen and oxygen atoms in total. The second kappa shape index (κ2) is 16.2. The van der Waals surface area contributed by atoms with Crippen LogP contribution in [0.1, 0.15) is 37.0 Å². The Morgan fingerprint density at radius 2 is 1.23 bits per heavy atom. The van der Waals surface area contributed by atoms with E-state index in [0.29, 0.717) is 11.4 Å². The van der Waals surface area contributed by atoms with E-state index in [9.17, 15) is 24.5 Å². The lowest BCUT2D eigenvalue weighted by molar-refractivity contribution is -0.384. The van der Waals surface area contributed by atoms with Gasteiger partial charge in [-0.1, -0.05) is 69.6 Å². The summed E-state index contributed by atoms with van der Waals surface area (Å²) in [6.45, 7) is 1.87. The van der Waals surface area contributed by atoms with Crippen molar-refractivity contribution in [3.05, 3.63) is 100 Å². The van der Waals surface area contributed by atoms with Gasteiger partial charge in [0.25, 0.3) is 13.3 Å². The van der Waals surface area contributed by atoms with Crippen LogP contribution >= 0.6 is 69.6 Å². The second-order valence-electron chi connectivity index (χ2n) is 8.78. The summed E-state index contributed by atoms with van der Waals surface area (Å²) in [5.74, 6) is -2.20. The molecular formula is C26H27Cl6N5O6. The minimum Gasteiger partial charge on any atom is -0.477 e. The Morgan fingerprint density at radius 3 is 1.51 bits per heavy atom. The van der Waals surface area contributed by atoms with Crippen LogP contribution in [-0.2, 0) is 28.2 Å². The zero-order valence-corrected chi connectivity index (χ0v) is 27.9. The number of nitro groups is 1. The van der Waals surface area contributed by atoms with Gasteiger partial charge in [0.1, 0.15) is 5.69 Å². The highest BCUT2D eigenvalue weighted by Gasteiger charge is 2.35. The van der Waals surface area contributed by atoms with Crippen LogP contribution in [-0.4, -0.2) is 53.4 Å². The van der Waals surface area contributed by atoms with E-state index in [0.717, 1.165) is 11.6 Å². The first kappa shape index (κ1) is 38.1. The third-order valence-electron chi connectivity index (χ3n) is 5.24. The fourth-order valence-electron chi connectivity index (χ4n) is 3.22. The van der Waals surface area contributed by atoms with Crippen molar-refractivity contribution in [2.24, 2.45) is 28.2 Å². The highest BCUT2D eigenvalue weighted by Crippen LogP contribution is 2.32. The summed E-state index contributed by atoms with van der Waals surface area (Å²) in [5.41, 5.74) is 1.43. The third kappa shape index (κ3) is 12.3. The number of aromatic nitrogens is 4. The van der Waals surface area contributed by atoms with Crippen molar-refractivity contribution < 1.29 is 24.4 Å². The van der Waals surface area contributed by atoms with E-state index in [-0.39, 0.29) is 11.4 Å². The molecule has 4 rings (SSSR count). The normalized spacial score (nSPS) is 10.8. The van der Waals surface area contributed by atoms with Crippen molar-refractivity contribution in [3.8, 4) is 0 Å². The Morgan fingerprint density at radius 1 is 0.744 bits per heavy atom. The van der Waals surface area contributed by atoms with Crippen LogP contribution in [0.15, 0.2) is 67.4 Å². The van der Waals surface area contributed by atoms with Gasteiger partial charge in [-0.05, 0) is 42.8 Å². The molecule has 0 saturated carbocycles.